The Morgan fingerprint density at radius 1 is 1.06 bits per heavy atom. The molecule has 5 nitrogen and oxygen atoms in total. The summed E-state index contributed by atoms with van der Waals surface area (Å²) in [6.45, 7) is 9.37. The first kappa shape index (κ1) is 17.4. The highest BCUT2D eigenvalue weighted by atomic mass is 16.5. The molecule has 0 unspecified atom stereocenters. The van der Waals surface area contributed by atoms with Gasteiger partial charge >= 0.3 is 0 Å². The second-order valence-electron chi connectivity index (χ2n) is 4.25. The molecule has 1 amide bonds. The summed E-state index contributed by atoms with van der Waals surface area (Å²) < 4.78 is 16.0. The van der Waals surface area contributed by atoms with Gasteiger partial charge < -0.3 is 19.5 Å². The second kappa shape index (κ2) is 12.8. The smallest absolute Gasteiger partial charge is 0.245 e. The average Bonchev–Trinajstić information content (AvgIpc) is 2.31. The third kappa shape index (κ3) is 13.4. The summed E-state index contributed by atoms with van der Waals surface area (Å²) >= 11 is 0. The van der Waals surface area contributed by atoms with Gasteiger partial charge in [0.15, 0.2) is 0 Å². The lowest BCUT2D eigenvalue weighted by atomic mass is 10.4. The van der Waals surface area contributed by atoms with E-state index in [0.717, 1.165) is 19.4 Å². The topological polar surface area (TPSA) is 56.8 Å². The molecule has 0 atom stereocenters. The van der Waals surface area contributed by atoms with Crippen molar-refractivity contribution in [3.63, 3.8) is 0 Å². The number of carbonyl (C=O) groups is 1. The van der Waals surface area contributed by atoms with E-state index in [2.05, 4.69) is 5.32 Å². The van der Waals surface area contributed by atoms with E-state index in [1.54, 1.807) is 0 Å². The molecule has 0 aliphatic heterocycles. The minimum Gasteiger partial charge on any atom is -0.381 e. The Kier molecular flexibility index (Phi) is 12.3. The van der Waals surface area contributed by atoms with Crippen LogP contribution in [0.3, 0.4) is 0 Å². The van der Waals surface area contributed by atoms with Crippen LogP contribution in [0.15, 0.2) is 0 Å². The SMILES string of the molecule is CCNC(=O)COCCCOCCCOC(C)C. The van der Waals surface area contributed by atoms with Crippen LogP contribution < -0.4 is 5.32 Å². The number of ether oxygens (including phenoxy) is 3. The zero-order valence-electron chi connectivity index (χ0n) is 11.9. The van der Waals surface area contributed by atoms with Gasteiger partial charge in [-0.2, -0.15) is 0 Å². The van der Waals surface area contributed by atoms with Crippen molar-refractivity contribution in [1.29, 1.82) is 0 Å². The molecule has 0 spiro atoms. The first-order valence-corrected chi connectivity index (χ1v) is 6.70. The predicted molar refractivity (Wildman–Crippen MR) is 70.6 cm³/mol. The van der Waals surface area contributed by atoms with Crippen molar-refractivity contribution in [2.24, 2.45) is 0 Å². The van der Waals surface area contributed by atoms with Gasteiger partial charge in [-0.15, -0.1) is 0 Å². The Morgan fingerprint density at radius 2 is 1.67 bits per heavy atom. The van der Waals surface area contributed by atoms with E-state index >= 15 is 0 Å². The summed E-state index contributed by atoms with van der Waals surface area (Å²) in [6, 6.07) is 0. The van der Waals surface area contributed by atoms with E-state index in [1.165, 1.54) is 0 Å². The molecule has 0 aliphatic carbocycles. The summed E-state index contributed by atoms with van der Waals surface area (Å²) in [4.78, 5) is 11.0. The number of likely N-dealkylation sites (N-methyl/N-ethyl adjacent to an activating group) is 1. The van der Waals surface area contributed by atoms with Gasteiger partial charge in [0.2, 0.25) is 5.91 Å². The normalized spacial score (nSPS) is 10.9. The third-order valence-electron chi connectivity index (χ3n) is 2.07. The fraction of sp³-hybridized carbons (Fsp3) is 0.923. The Balaban J connectivity index is 3.05. The lowest BCUT2D eigenvalue weighted by Crippen LogP contribution is -2.27. The highest BCUT2D eigenvalue weighted by molar-refractivity contribution is 5.77. The Bertz CT molecular complexity index is 197. The maximum absolute atomic E-state index is 11.0. The van der Waals surface area contributed by atoms with E-state index in [0.29, 0.717) is 26.4 Å². The molecule has 5 heteroatoms. The molecule has 0 aromatic carbocycles. The van der Waals surface area contributed by atoms with Crippen molar-refractivity contribution in [3.8, 4) is 0 Å². The molecule has 0 heterocycles. The lowest BCUT2D eigenvalue weighted by molar-refractivity contribution is -0.125. The minimum atomic E-state index is -0.0655. The summed E-state index contributed by atoms with van der Waals surface area (Å²) in [5.74, 6) is -0.0655. The molecule has 0 aromatic heterocycles. The minimum absolute atomic E-state index is 0.0655. The number of rotatable bonds is 12. The van der Waals surface area contributed by atoms with Crippen molar-refractivity contribution in [3.05, 3.63) is 0 Å². The molecule has 0 fully saturated rings. The fourth-order valence-electron chi connectivity index (χ4n) is 1.26. The molecule has 0 rings (SSSR count). The molecular weight excluding hydrogens is 234 g/mol. The standard InChI is InChI=1S/C13H27NO4/c1-4-14-13(15)11-17-9-5-7-16-8-6-10-18-12(2)3/h12H,4-11H2,1-3H3,(H,14,15). The van der Waals surface area contributed by atoms with E-state index in [-0.39, 0.29) is 18.6 Å². The van der Waals surface area contributed by atoms with Crippen LogP contribution in [-0.2, 0) is 19.0 Å². The number of amides is 1. The van der Waals surface area contributed by atoms with Gasteiger partial charge in [0.25, 0.3) is 0 Å². The Morgan fingerprint density at radius 3 is 2.28 bits per heavy atom. The molecule has 1 N–H and O–H groups in total. The van der Waals surface area contributed by atoms with Crippen LogP contribution >= 0.6 is 0 Å². The van der Waals surface area contributed by atoms with E-state index < -0.39 is 0 Å². The Labute approximate surface area is 110 Å². The summed E-state index contributed by atoms with van der Waals surface area (Å²) in [7, 11) is 0. The van der Waals surface area contributed by atoms with Crippen LogP contribution in [0.5, 0.6) is 0 Å². The molecule has 0 aromatic rings. The van der Waals surface area contributed by atoms with Gasteiger partial charge in [-0.25, -0.2) is 0 Å². The highest BCUT2D eigenvalue weighted by Gasteiger charge is 1.98. The van der Waals surface area contributed by atoms with Crippen LogP contribution in [0, 0.1) is 0 Å². The first-order valence-electron chi connectivity index (χ1n) is 6.70. The summed E-state index contributed by atoms with van der Waals surface area (Å²) in [5, 5.41) is 2.67. The molecule has 0 radical (unpaired) electrons. The van der Waals surface area contributed by atoms with Crippen molar-refractivity contribution in [2.75, 3.05) is 39.6 Å². The number of nitrogens with one attached hydrogen (secondary N) is 1. The highest BCUT2D eigenvalue weighted by Crippen LogP contribution is 1.92. The van der Waals surface area contributed by atoms with Gasteiger partial charge in [-0.1, -0.05) is 0 Å². The second-order valence-corrected chi connectivity index (χ2v) is 4.25. The lowest BCUT2D eigenvalue weighted by Gasteiger charge is -2.08. The first-order chi connectivity index (χ1) is 8.66. The van der Waals surface area contributed by atoms with Crippen LogP contribution in [0.1, 0.15) is 33.6 Å². The van der Waals surface area contributed by atoms with Crippen LogP contribution in [-0.4, -0.2) is 51.6 Å². The van der Waals surface area contributed by atoms with E-state index in [1.807, 2.05) is 20.8 Å². The number of hydrogen-bond donors (Lipinski definition) is 1. The van der Waals surface area contributed by atoms with Gasteiger partial charge in [0, 0.05) is 33.0 Å². The van der Waals surface area contributed by atoms with E-state index in [4.69, 9.17) is 14.2 Å². The zero-order chi connectivity index (χ0) is 13.6. The van der Waals surface area contributed by atoms with Gasteiger partial charge in [-0.3, -0.25) is 4.79 Å². The molecule has 0 saturated carbocycles. The predicted octanol–water partition coefficient (Wildman–Crippen LogP) is 1.36. The summed E-state index contributed by atoms with van der Waals surface area (Å²) in [6.07, 6.45) is 2.01. The number of carbonyl (C=O) groups excluding carboxylic acids is 1. The van der Waals surface area contributed by atoms with E-state index in [9.17, 15) is 4.79 Å². The van der Waals surface area contributed by atoms with Crippen LogP contribution in [0.4, 0.5) is 0 Å². The maximum Gasteiger partial charge on any atom is 0.245 e. The molecule has 0 saturated heterocycles. The van der Waals surface area contributed by atoms with Crippen LogP contribution in [0.25, 0.3) is 0 Å². The molecular formula is C13H27NO4. The fourth-order valence-corrected chi connectivity index (χ4v) is 1.26. The number of hydrogen-bond acceptors (Lipinski definition) is 4. The quantitative estimate of drug-likeness (QED) is 0.539. The van der Waals surface area contributed by atoms with Gasteiger partial charge in [-0.05, 0) is 33.6 Å². The van der Waals surface area contributed by atoms with Gasteiger partial charge in [0.1, 0.15) is 6.61 Å². The van der Waals surface area contributed by atoms with Crippen molar-refractivity contribution >= 4 is 5.91 Å². The van der Waals surface area contributed by atoms with Crippen LogP contribution in [0.2, 0.25) is 0 Å². The third-order valence-corrected chi connectivity index (χ3v) is 2.07. The molecule has 0 bridgehead atoms. The average molecular weight is 261 g/mol. The molecule has 18 heavy (non-hydrogen) atoms. The van der Waals surface area contributed by atoms with Crippen molar-refractivity contribution < 1.29 is 19.0 Å². The van der Waals surface area contributed by atoms with Crippen molar-refractivity contribution in [2.45, 2.75) is 39.7 Å². The monoisotopic (exact) mass is 261 g/mol. The maximum atomic E-state index is 11.0. The summed E-state index contributed by atoms with van der Waals surface area (Å²) in [5.41, 5.74) is 0. The zero-order valence-corrected chi connectivity index (χ0v) is 11.9. The Hall–Kier alpha value is -0.650. The molecule has 108 valence electrons. The largest absolute Gasteiger partial charge is 0.381 e. The van der Waals surface area contributed by atoms with Gasteiger partial charge in [0.05, 0.1) is 6.10 Å². The van der Waals surface area contributed by atoms with Crippen molar-refractivity contribution in [1.82, 2.24) is 5.32 Å². The molecule has 0 aliphatic rings.